The molecule has 0 heterocycles. The number of aliphatic carboxylic acids is 1. The molecule has 0 bridgehead atoms. The number of hydrogen-bond acceptors (Lipinski definition) is 3. The van der Waals surface area contributed by atoms with Crippen LogP contribution in [0.5, 0.6) is 0 Å². The first-order valence-corrected chi connectivity index (χ1v) is 4.12. The van der Waals surface area contributed by atoms with Crippen LogP contribution in [0, 0.1) is 11.3 Å². The molecule has 72 valence electrons. The van der Waals surface area contributed by atoms with Gasteiger partial charge >= 0.3 is 11.9 Å². The zero-order valence-electron chi connectivity index (χ0n) is 7.45. The molecule has 0 aromatic rings. The highest BCUT2D eigenvalue weighted by molar-refractivity contribution is 6.03. The topological polar surface area (TPSA) is 63.6 Å². The van der Waals surface area contributed by atoms with Crippen molar-refractivity contribution in [2.75, 3.05) is 6.61 Å². The minimum Gasteiger partial charge on any atom is -0.480 e. The Kier molecular flexibility index (Phi) is 2.40. The van der Waals surface area contributed by atoms with Gasteiger partial charge in [0.15, 0.2) is 5.41 Å². The van der Waals surface area contributed by atoms with Crippen LogP contribution in [0.4, 0.5) is 0 Å². The lowest BCUT2D eigenvalue weighted by Crippen LogP contribution is -2.29. The third-order valence-corrected chi connectivity index (χ3v) is 2.32. The van der Waals surface area contributed by atoms with Crippen molar-refractivity contribution in [3.8, 4) is 0 Å². The van der Waals surface area contributed by atoms with Crippen LogP contribution in [0.15, 0.2) is 12.7 Å². The summed E-state index contributed by atoms with van der Waals surface area (Å²) in [5.41, 5.74) is -1.34. The number of ether oxygens (including phenoxy) is 1. The quantitative estimate of drug-likeness (QED) is 0.399. The van der Waals surface area contributed by atoms with E-state index in [-0.39, 0.29) is 12.5 Å². The Morgan fingerprint density at radius 1 is 1.77 bits per heavy atom. The molecule has 4 nitrogen and oxygen atoms in total. The minimum absolute atomic E-state index is 0.206. The van der Waals surface area contributed by atoms with Crippen LogP contribution in [0.25, 0.3) is 0 Å². The molecule has 0 radical (unpaired) electrons. The van der Waals surface area contributed by atoms with E-state index in [2.05, 4.69) is 6.58 Å². The Hall–Kier alpha value is -1.32. The lowest BCUT2D eigenvalue weighted by molar-refractivity contribution is -0.161. The molecule has 2 atom stereocenters. The SMILES string of the molecule is C=C[C@@H]1C[C@]1(C(=O)O)C(=O)OCC. The molecular weight excluding hydrogens is 172 g/mol. The first-order valence-electron chi connectivity index (χ1n) is 4.12. The molecule has 1 rings (SSSR count). The van der Waals surface area contributed by atoms with Crippen molar-refractivity contribution >= 4 is 11.9 Å². The zero-order chi connectivity index (χ0) is 10.1. The maximum Gasteiger partial charge on any atom is 0.324 e. The molecular formula is C9H12O4. The van der Waals surface area contributed by atoms with Gasteiger partial charge in [-0.2, -0.15) is 0 Å². The molecule has 1 aliphatic rings. The Morgan fingerprint density at radius 3 is 2.69 bits per heavy atom. The predicted molar refractivity (Wildman–Crippen MR) is 45.0 cm³/mol. The van der Waals surface area contributed by atoms with Gasteiger partial charge in [-0.05, 0) is 13.3 Å². The van der Waals surface area contributed by atoms with Crippen molar-refractivity contribution < 1.29 is 19.4 Å². The summed E-state index contributed by atoms with van der Waals surface area (Å²) < 4.78 is 4.70. The zero-order valence-corrected chi connectivity index (χ0v) is 7.45. The highest BCUT2D eigenvalue weighted by Gasteiger charge is 2.66. The molecule has 0 amide bonds. The second kappa shape index (κ2) is 3.20. The second-order valence-electron chi connectivity index (χ2n) is 3.04. The fourth-order valence-corrected chi connectivity index (χ4v) is 1.40. The molecule has 0 aromatic carbocycles. The molecule has 0 aliphatic heterocycles. The molecule has 0 unspecified atom stereocenters. The molecule has 1 N–H and O–H groups in total. The van der Waals surface area contributed by atoms with Crippen molar-refractivity contribution in [1.82, 2.24) is 0 Å². The van der Waals surface area contributed by atoms with Gasteiger partial charge in [0.2, 0.25) is 0 Å². The summed E-state index contributed by atoms with van der Waals surface area (Å²) in [4.78, 5) is 22.1. The Morgan fingerprint density at radius 2 is 2.38 bits per heavy atom. The average molecular weight is 184 g/mol. The smallest absolute Gasteiger partial charge is 0.324 e. The monoisotopic (exact) mass is 184 g/mol. The van der Waals surface area contributed by atoms with E-state index >= 15 is 0 Å². The highest BCUT2D eigenvalue weighted by atomic mass is 16.5. The van der Waals surface area contributed by atoms with E-state index in [1.807, 2.05) is 0 Å². The van der Waals surface area contributed by atoms with Crippen LogP contribution in [0.3, 0.4) is 0 Å². The molecule has 13 heavy (non-hydrogen) atoms. The largest absolute Gasteiger partial charge is 0.480 e. The summed E-state index contributed by atoms with van der Waals surface area (Å²) in [6.07, 6.45) is 1.80. The van der Waals surface area contributed by atoms with Gasteiger partial charge < -0.3 is 9.84 Å². The van der Waals surface area contributed by atoms with Crippen LogP contribution in [-0.4, -0.2) is 23.7 Å². The number of carbonyl (C=O) groups is 2. The van der Waals surface area contributed by atoms with Crippen LogP contribution in [-0.2, 0) is 14.3 Å². The Balaban J connectivity index is 2.77. The number of carboxylic acid groups (broad SMARTS) is 1. The number of carbonyl (C=O) groups excluding carboxylic acids is 1. The summed E-state index contributed by atoms with van der Waals surface area (Å²) in [7, 11) is 0. The van der Waals surface area contributed by atoms with E-state index in [9.17, 15) is 9.59 Å². The van der Waals surface area contributed by atoms with Gasteiger partial charge in [0.25, 0.3) is 0 Å². The van der Waals surface area contributed by atoms with Gasteiger partial charge in [0.05, 0.1) is 6.61 Å². The van der Waals surface area contributed by atoms with Crippen molar-refractivity contribution in [3.05, 3.63) is 12.7 Å². The van der Waals surface area contributed by atoms with Gasteiger partial charge in [-0.3, -0.25) is 9.59 Å². The van der Waals surface area contributed by atoms with E-state index in [0.29, 0.717) is 6.42 Å². The minimum atomic E-state index is -1.34. The van der Waals surface area contributed by atoms with Crippen molar-refractivity contribution in [2.24, 2.45) is 11.3 Å². The average Bonchev–Trinajstić information content (AvgIpc) is 2.79. The maximum absolute atomic E-state index is 11.3. The molecule has 0 saturated heterocycles. The van der Waals surface area contributed by atoms with Crippen molar-refractivity contribution in [1.29, 1.82) is 0 Å². The first-order chi connectivity index (χ1) is 6.09. The lowest BCUT2D eigenvalue weighted by Gasteiger charge is -2.09. The fourth-order valence-electron chi connectivity index (χ4n) is 1.40. The molecule has 1 fully saturated rings. The molecule has 0 aromatic heterocycles. The fraction of sp³-hybridized carbons (Fsp3) is 0.556. The van der Waals surface area contributed by atoms with Crippen LogP contribution < -0.4 is 0 Å². The Bertz CT molecular complexity index is 258. The van der Waals surface area contributed by atoms with Gasteiger partial charge in [-0.1, -0.05) is 6.08 Å². The Labute approximate surface area is 76.2 Å². The standard InChI is InChI=1S/C9H12O4/c1-3-6-5-9(6,7(10)11)8(12)13-4-2/h3,6H,1,4-5H2,2H3,(H,10,11)/t6-,9+/m1/s1. The summed E-state index contributed by atoms with van der Waals surface area (Å²) >= 11 is 0. The van der Waals surface area contributed by atoms with Crippen LogP contribution >= 0.6 is 0 Å². The third-order valence-electron chi connectivity index (χ3n) is 2.32. The molecule has 1 saturated carbocycles. The molecule has 1 aliphatic carbocycles. The molecule has 4 heteroatoms. The van der Waals surface area contributed by atoms with Crippen LogP contribution in [0.1, 0.15) is 13.3 Å². The van der Waals surface area contributed by atoms with E-state index in [4.69, 9.17) is 9.84 Å². The number of allylic oxidation sites excluding steroid dienone is 1. The van der Waals surface area contributed by atoms with E-state index in [1.165, 1.54) is 6.08 Å². The summed E-state index contributed by atoms with van der Waals surface area (Å²) in [5, 5.41) is 8.85. The van der Waals surface area contributed by atoms with E-state index in [1.54, 1.807) is 6.92 Å². The summed E-state index contributed by atoms with van der Waals surface area (Å²) in [5.74, 6) is -2.03. The summed E-state index contributed by atoms with van der Waals surface area (Å²) in [6, 6.07) is 0. The van der Waals surface area contributed by atoms with Crippen molar-refractivity contribution in [2.45, 2.75) is 13.3 Å². The van der Waals surface area contributed by atoms with Gasteiger partial charge in [-0.25, -0.2) is 0 Å². The van der Waals surface area contributed by atoms with E-state index in [0.717, 1.165) is 0 Å². The third kappa shape index (κ3) is 1.32. The van der Waals surface area contributed by atoms with Gasteiger partial charge in [0, 0.05) is 5.92 Å². The van der Waals surface area contributed by atoms with Gasteiger partial charge in [0.1, 0.15) is 0 Å². The second-order valence-corrected chi connectivity index (χ2v) is 3.04. The van der Waals surface area contributed by atoms with Crippen molar-refractivity contribution in [3.63, 3.8) is 0 Å². The van der Waals surface area contributed by atoms with Gasteiger partial charge in [-0.15, -0.1) is 6.58 Å². The molecule has 0 spiro atoms. The normalized spacial score (nSPS) is 30.7. The maximum atomic E-state index is 11.3. The summed E-state index contributed by atoms with van der Waals surface area (Å²) in [6.45, 7) is 5.33. The lowest BCUT2D eigenvalue weighted by atomic mass is 10.0. The highest BCUT2D eigenvalue weighted by Crippen LogP contribution is 2.54. The number of carboxylic acids is 1. The van der Waals surface area contributed by atoms with E-state index < -0.39 is 17.4 Å². The number of hydrogen-bond donors (Lipinski definition) is 1. The predicted octanol–water partition coefficient (Wildman–Crippen LogP) is 0.826. The van der Waals surface area contributed by atoms with Crippen LogP contribution in [0.2, 0.25) is 0 Å². The number of rotatable bonds is 4. The number of esters is 1. The first kappa shape index (κ1) is 9.77.